The Morgan fingerprint density at radius 3 is 2.77 bits per heavy atom. The van der Waals surface area contributed by atoms with Crippen molar-refractivity contribution in [3.63, 3.8) is 0 Å². The fourth-order valence-electron chi connectivity index (χ4n) is 3.58. The highest BCUT2D eigenvalue weighted by molar-refractivity contribution is 7.12. The Morgan fingerprint density at radius 1 is 1.19 bits per heavy atom. The first-order valence-corrected chi connectivity index (χ1v) is 12.2. The number of thiophene rings is 1. The van der Waals surface area contributed by atoms with Gasteiger partial charge in [0.05, 0.1) is 31.2 Å². The molecule has 0 N–H and O–H groups in total. The standard InChI is InChI=1S/C22H26N4O3S2/c1-2-7-26(22(28)19-6-4-13-30-19)14-17-5-3-8-25(17)15-20-23-18(16-31-20)21(27)24-9-11-29-12-10-24/h3-6,8,13,16H,2,7,9-12,14-15H2,1H3. The maximum Gasteiger partial charge on any atom is 0.273 e. The summed E-state index contributed by atoms with van der Waals surface area (Å²) in [5, 5.41) is 4.64. The Morgan fingerprint density at radius 2 is 2.03 bits per heavy atom. The van der Waals surface area contributed by atoms with Gasteiger partial charge in [-0.15, -0.1) is 22.7 Å². The summed E-state index contributed by atoms with van der Waals surface area (Å²) in [6.45, 7) is 6.28. The van der Waals surface area contributed by atoms with Crippen molar-refractivity contribution in [1.29, 1.82) is 0 Å². The van der Waals surface area contributed by atoms with Crippen LogP contribution in [-0.2, 0) is 17.8 Å². The summed E-state index contributed by atoms with van der Waals surface area (Å²) >= 11 is 2.96. The number of amides is 2. The normalized spacial score (nSPS) is 14.0. The van der Waals surface area contributed by atoms with Gasteiger partial charge in [-0.25, -0.2) is 4.98 Å². The molecule has 1 fully saturated rings. The second kappa shape index (κ2) is 10.2. The summed E-state index contributed by atoms with van der Waals surface area (Å²) in [5.74, 6) is 0.0337. The summed E-state index contributed by atoms with van der Waals surface area (Å²) in [4.78, 5) is 34.6. The molecule has 2 amide bonds. The number of thiazole rings is 1. The highest BCUT2D eigenvalue weighted by atomic mass is 32.1. The molecule has 4 rings (SSSR count). The highest BCUT2D eigenvalue weighted by Gasteiger charge is 2.22. The van der Waals surface area contributed by atoms with Crippen LogP contribution >= 0.6 is 22.7 Å². The minimum atomic E-state index is -0.0332. The fourth-order valence-corrected chi connectivity index (χ4v) is 5.03. The van der Waals surface area contributed by atoms with Crippen molar-refractivity contribution in [1.82, 2.24) is 19.4 Å². The summed E-state index contributed by atoms with van der Waals surface area (Å²) in [7, 11) is 0. The summed E-state index contributed by atoms with van der Waals surface area (Å²) in [5.41, 5.74) is 1.55. The van der Waals surface area contributed by atoms with E-state index < -0.39 is 0 Å². The highest BCUT2D eigenvalue weighted by Crippen LogP contribution is 2.18. The number of carbonyl (C=O) groups is 2. The van der Waals surface area contributed by atoms with Gasteiger partial charge in [0.1, 0.15) is 10.7 Å². The molecule has 3 aromatic heterocycles. The van der Waals surface area contributed by atoms with Crippen LogP contribution in [0.15, 0.2) is 41.2 Å². The molecule has 1 aliphatic heterocycles. The van der Waals surface area contributed by atoms with E-state index >= 15 is 0 Å². The van der Waals surface area contributed by atoms with E-state index in [0.717, 1.165) is 22.0 Å². The van der Waals surface area contributed by atoms with E-state index in [9.17, 15) is 9.59 Å². The van der Waals surface area contributed by atoms with Gasteiger partial charge < -0.3 is 19.1 Å². The average Bonchev–Trinajstić information content (AvgIpc) is 3.56. The number of ether oxygens (including phenoxy) is 1. The number of nitrogens with zero attached hydrogens (tertiary/aromatic N) is 4. The van der Waals surface area contributed by atoms with Crippen molar-refractivity contribution >= 4 is 34.5 Å². The molecule has 0 radical (unpaired) electrons. The number of rotatable bonds is 8. The lowest BCUT2D eigenvalue weighted by Gasteiger charge is -2.26. The van der Waals surface area contributed by atoms with Crippen molar-refractivity contribution in [2.45, 2.75) is 26.4 Å². The Hall–Kier alpha value is -2.49. The van der Waals surface area contributed by atoms with E-state index in [2.05, 4.69) is 16.5 Å². The van der Waals surface area contributed by atoms with E-state index in [1.807, 2.05) is 46.1 Å². The first-order valence-electron chi connectivity index (χ1n) is 10.4. The van der Waals surface area contributed by atoms with E-state index in [1.54, 1.807) is 4.90 Å². The number of carbonyl (C=O) groups excluding carboxylic acids is 2. The largest absolute Gasteiger partial charge is 0.378 e. The molecule has 164 valence electrons. The van der Waals surface area contributed by atoms with Crippen molar-refractivity contribution in [3.05, 3.63) is 62.5 Å². The van der Waals surface area contributed by atoms with E-state index in [0.29, 0.717) is 51.6 Å². The number of aromatic nitrogens is 2. The first kappa shape index (κ1) is 21.7. The van der Waals surface area contributed by atoms with Crippen LogP contribution < -0.4 is 0 Å². The van der Waals surface area contributed by atoms with Crippen molar-refractivity contribution < 1.29 is 14.3 Å². The molecule has 7 nitrogen and oxygen atoms in total. The monoisotopic (exact) mass is 458 g/mol. The Bertz CT molecular complexity index is 1010. The van der Waals surface area contributed by atoms with Gasteiger partial charge in [0.15, 0.2) is 0 Å². The molecule has 0 aromatic carbocycles. The van der Waals surface area contributed by atoms with Crippen LogP contribution in [0.4, 0.5) is 0 Å². The molecule has 0 atom stereocenters. The predicted octanol–water partition coefficient (Wildman–Crippen LogP) is 3.58. The van der Waals surface area contributed by atoms with Gasteiger partial charge in [-0.1, -0.05) is 13.0 Å². The van der Waals surface area contributed by atoms with Gasteiger partial charge >= 0.3 is 0 Å². The van der Waals surface area contributed by atoms with Crippen LogP contribution in [0.2, 0.25) is 0 Å². The smallest absolute Gasteiger partial charge is 0.273 e. The molecule has 4 heterocycles. The molecule has 0 spiro atoms. The maximum atomic E-state index is 12.9. The third-order valence-electron chi connectivity index (χ3n) is 5.16. The van der Waals surface area contributed by atoms with E-state index in [1.165, 1.54) is 22.7 Å². The second-order valence-electron chi connectivity index (χ2n) is 7.36. The SMILES string of the molecule is CCCN(Cc1cccn1Cc1nc(C(=O)N2CCOCC2)cs1)C(=O)c1cccs1. The Balaban J connectivity index is 1.44. The molecular weight excluding hydrogens is 432 g/mol. The Labute approximate surface area is 189 Å². The van der Waals surface area contributed by atoms with E-state index in [4.69, 9.17) is 4.74 Å². The Kier molecular flexibility index (Phi) is 7.16. The third-order valence-corrected chi connectivity index (χ3v) is 6.86. The molecule has 1 aliphatic rings. The number of hydrogen-bond acceptors (Lipinski definition) is 6. The second-order valence-corrected chi connectivity index (χ2v) is 9.25. The van der Waals surface area contributed by atoms with Crippen LogP contribution in [0.3, 0.4) is 0 Å². The van der Waals surface area contributed by atoms with Crippen molar-refractivity contribution in [2.75, 3.05) is 32.8 Å². The molecule has 0 aliphatic carbocycles. The zero-order valence-electron chi connectivity index (χ0n) is 17.5. The fraction of sp³-hybridized carbons (Fsp3) is 0.409. The third kappa shape index (κ3) is 5.23. The summed E-state index contributed by atoms with van der Waals surface area (Å²) in [6.07, 6.45) is 2.90. The van der Waals surface area contributed by atoms with Crippen LogP contribution in [0, 0.1) is 0 Å². The van der Waals surface area contributed by atoms with Gasteiger partial charge in [0, 0.05) is 36.9 Å². The number of hydrogen-bond donors (Lipinski definition) is 0. The molecule has 0 bridgehead atoms. The van der Waals surface area contributed by atoms with Gasteiger partial charge in [-0.3, -0.25) is 9.59 Å². The van der Waals surface area contributed by atoms with Crippen molar-refractivity contribution in [3.8, 4) is 0 Å². The molecule has 0 saturated carbocycles. The minimum Gasteiger partial charge on any atom is -0.378 e. The van der Waals surface area contributed by atoms with Crippen LogP contribution in [0.5, 0.6) is 0 Å². The quantitative estimate of drug-likeness (QED) is 0.518. The van der Waals surface area contributed by atoms with E-state index in [-0.39, 0.29) is 11.8 Å². The molecular formula is C22H26N4O3S2. The lowest BCUT2D eigenvalue weighted by Crippen LogP contribution is -2.40. The topological polar surface area (TPSA) is 67.7 Å². The molecule has 3 aromatic rings. The van der Waals surface area contributed by atoms with Gasteiger partial charge in [-0.2, -0.15) is 0 Å². The first-order chi connectivity index (χ1) is 15.2. The minimum absolute atomic E-state index is 0.0332. The van der Waals surface area contributed by atoms with Crippen LogP contribution in [-0.4, -0.2) is 64.0 Å². The van der Waals surface area contributed by atoms with Gasteiger partial charge in [-0.05, 0) is 30.0 Å². The molecule has 1 saturated heterocycles. The molecule has 0 unspecified atom stereocenters. The zero-order chi connectivity index (χ0) is 21.6. The maximum absolute atomic E-state index is 12.9. The van der Waals surface area contributed by atoms with Gasteiger partial charge in [0.2, 0.25) is 0 Å². The lowest BCUT2D eigenvalue weighted by molar-refractivity contribution is 0.0299. The number of morpholine rings is 1. The van der Waals surface area contributed by atoms with Crippen LogP contribution in [0.1, 0.15) is 44.2 Å². The molecule has 31 heavy (non-hydrogen) atoms. The average molecular weight is 459 g/mol. The zero-order valence-corrected chi connectivity index (χ0v) is 19.2. The summed E-state index contributed by atoms with van der Waals surface area (Å²) in [6, 6.07) is 7.81. The van der Waals surface area contributed by atoms with Crippen molar-refractivity contribution in [2.24, 2.45) is 0 Å². The molecule has 9 heteroatoms. The lowest BCUT2D eigenvalue weighted by atomic mass is 10.3. The van der Waals surface area contributed by atoms with Crippen LogP contribution in [0.25, 0.3) is 0 Å². The summed E-state index contributed by atoms with van der Waals surface area (Å²) < 4.78 is 7.42. The predicted molar refractivity (Wildman–Crippen MR) is 122 cm³/mol. The van der Waals surface area contributed by atoms with Gasteiger partial charge in [0.25, 0.3) is 11.8 Å².